The van der Waals surface area contributed by atoms with Gasteiger partial charge in [-0.25, -0.2) is 0 Å². The Bertz CT molecular complexity index is 698. The molecule has 0 fully saturated rings. The molecule has 0 bridgehead atoms. The van der Waals surface area contributed by atoms with Crippen LogP contribution < -0.4 is 19.7 Å². The number of hydrogen-bond donors (Lipinski definition) is 1. The van der Waals surface area contributed by atoms with E-state index in [9.17, 15) is 4.79 Å². The quantitative estimate of drug-likeness (QED) is 0.947. The van der Waals surface area contributed by atoms with Crippen LogP contribution in [0.4, 0.5) is 11.4 Å². The molecule has 23 heavy (non-hydrogen) atoms. The number of hydrogen-bond acceptors (Lipinski definition) is 4. The van der Waals surface area contributed by atoms with Gasteiger partial charge in [0.15, 0.2) is 11.5 Å². The first-order valence-corrected chi connectivity index (χ1v) is 7.55. The van der Waals surface area contributed by atoms with E-state index in [2.05, 4.69) is 5.32 Å². The van der Waals surface area contributed by atoms with E-state index in [1.807, 2.05) is 68.4 Å². The molecule has 0 aliphatic carbocycles. The van der Waals surface area contributed by atoms with Crippen molar-refractivity contribution in [1.82, 2.24) is 0 Å². The first-order chi connectivity index (χ1) is 11.0. The van der Waals surface area contributed by atoms with Crippen LogP contribution in [0.2, 0.25) is 0 Å². The summed E-state index contributed by atoms with van der Waals surface area (Å²) in [4.78, 5) is 14.5. The standard InChI is InChI=1S/C18H20N2O3/c1-12-17(23-16-7-5-4-6-15(16)22-12)18(21)19-13-8-10-14(11-9-13)20(2)3/h4-12,17H,1-3H3,(H,19,21)/t12-,17+/m0/s1. The topological polar surface area (TPSA) is 50.8 Å². The van der Waals surface area contributed by atoms with E-state index in [1.165, 1.54) is 0 Å². The minimum atomic E-state index is -0.682. The summed E-state index contributed by atoms with van der Waals surface area (Å²) in [5.74, 6) is 1.04. The van der Waals surface area contributed by atoms with E-state index >= 15 is 0 Å². The lowest BCUT2D eigenvalue weighted by Gasteiger charge is -2.31. The number of para-hydroxylation sites is 2. The molecule has 1 heterocycles. The Hall–Kier alpha value is -2.69. The molecular formula is C18H20N2O3. The monoisotopic (exact) mass is 312 g/mol. The van der Waals surface area contributed by atoms with Crippen molar-refractivity contribution in [3.05, 3.63) is 48.5 Å². The second-order valence-corrected chi connectivity index (χ2v) is 5.74. The van der Waals surface area contributed by atoms with E-state index < -0.39 is 6.10 Å². The first-order valence-electron chi connectivity index (χ1n) is 7.55. The number of carbonyl (C=O) groups is 1. The lowest BCUT2D eigenvalue weighted by molar-refractivity contribution is -0.128. The highest BCUT2D eigenvalue weighted by Crippen LogP contribution is 2.33. The molecule has 1 amide bonds. The number of nitrogens with one attached hydrogen (secondary N) is 1. The van der Waals surface area contributed by atoms with Gasteiger partial charge in [-0.1, -0.05) is 12.1 Å². The van der Waals surface area contributed by atoms with Crippen LogP contribution in [0, 0.1) is 0 Å². The van der Waals surface area contributed by atoms with Crippen LogP contribution in [0.25, 0.3) is 0 Å². The summed E-state index contributed by atoms with van der Waals surface area (Å²) < 4.78 is 11.6. The van der Waals surface area contributed by atoms with Crippen LogP contribution in [-0.4, -0.2) is 32.2 Å². The van der Waals surface area contributed by atoms with Gasteiger partial charge in [-0.3, -0.25) is 4.79 Å². The molecule has 1 N–H and O–H groups in total. The van der Waals surface area contributed by atoms with Gasteiger partial charge in [0, 0.05) is 25.5 Å². The van der Waals surface area contributed by atoms with Gasteiger partial charge in [0.05, 0.1) is 0 Å². The highest BCUT2D eigenvalue weighted by atomic mass is 16.6. The van der Waals surface area contributed by atoms with Crippen molar-refractivity contribution in [2.45, 2.75) is 19.1 Å². The van der Waals surface area contributed by atoms with Crippen LogP contribution in [-0.2, 0) is 4.79 Å². The Balaban J connectivity index is 1.71. The molecule has 2 atom stereocenters. The van der Waals surface area contributed by atoms with Crippen molar-refractivity contribution in [3.8, 4) is 11.5 Å². The number of fused-ring (bicyclic) bond motifs is 1. The summed E-state index contributed by atoms with van der Waals surface area (Å²) >= 11 is 0. The predicted octanol–water partition coefficient (Wildman–Crippen LogP) is 2.92. The van der Waals surface area contributed by atoms with Crippen LogP contribution in [0.5, 0.6) is 11.5 Å². The Morgan fingerprint density at radius 1 is 1.00 bits per heavy atom. The molecule has 1 aliphatic rings. The van der Waals surface area contributed by atoms with Crippen LogP contribution in [0.15, 0.2) is 48.5 Å². The summed E-state index contributed by atoms with van der Waals surface area (Å²) in [5.41, 5.74) is 1.80. The highest BCUT2D eigenvalue weighted by molar-refractivity contribution is 5.95. The third kappa shape index (κ3) is 3.23. The van der Waals surface area contributed by atoms with Gasteiger partial charge in [-0.05, 0) is 43.3 Å². The molecule has 2 aromatic carbocycles. The summed E-state index contributed by atoms with van der Waals surface area (Å²) in [5, 5.41) is 2.88. The van der Waals surface area contributed by atoms with Gasteiger partial charge in [-0.15, -0.1) is 0 Å². The molecule has 120 valence electrons. The third-order valence-electron chi connectivity index (χ3n) is 3.75. The molecule has 0 radical (unpaired) electrons. The minimum Gasteiger partial charge on any atom is -0.482 e. The molecule has 0 spiro atoms. The molecule has 0 saturated heterocycles. The van der Waals surface area contributed by atoms with Gasteiger partial charge in [-0.2, -0.15) is 0 Å². The van der Waals surface area contributed by atoms with E-state index in [1.54, 1.807) is 6.07 Å². The van der Waals surface area contributed by atoms with E-state index in [0.29, 0.717) is 11.5 Å². The van der Waals surface area contributed by atoms with Crippen LogP contribution in [0.3, 0.4) is 0 Å². The fourth-order valence-electron chi connectivity index (χ4n) is 2.46. The zero-order valence-corrected chi connectivity index (χ0v) is 13.4. The smallest absolute Gasteiger partial charge is 0.269 e. The zero-order chi connectivity index (χ0) is 16.4. The van der Waals surface area contributed by atoms with Crippen molar-refractivity contribution in [2.24, 2.45) is 0 Å². The van der Waals surface area contributed by atoms with Crippen molar-refractivity contribution in [3.63, 3.8) is 0 Å². The maximum Gasteiger partial charge on any atom is 0.269 e. The molecule has 2 aromatic rings. The number of carbonyl (C=O) groups excluding carboxylic acids is 1. The molecule has 3 rings (SSSR count). The van der Waals surface area contributed by atoms with E-state index in [-0.39, 0.29) is 12.0 Å². The summed E-state index contributed by atoms with van der Waals surface area (Å²) in [6.07, 6.45) is -1.04. The maximum absolute atomic E-state index is 12.5. The number of ether oxygens (including phenoxy) is 2. The molecular weight excluding hydrogens is 292 g/mol. The van der Waals surface area contributed by atoms with Crippen LogP contribution >= 0.6 is 0 Å². The first kappa shape index (κ1) is 15.2. The Morgan fingerprint density at radius 2 is 1.61 bits per heavy atom. The molecule has 0 aromatic heterocycles. The molecule has 0 unspecified atom stereocenters. The lowest BCUT2D eigenvalue weighted by Crippen LogP contribution is -2.46. The average Bonchev–Trinajstić information content (AvgIpc) is 2.54. The Morgan fingerprint density at radius 3 is 2.22 bits per heavy atom. The second kappa shape index (κ2) is 6.20. The van der Waals surface area contributed by atoms with Gasteiger partial charge in [0.1, 0.15) is 6.10 Å². The Kier molecular flexibility index (Phi) is 4.10. The van der Waals surface area contributed by atoms with Crippen LogP contribution in [0.1, 0.15) is 6.92 Å². The van der Waals surface area contributed by atoms with Gasteiger partial charge in [0.25, 0.3) is 5.91 Å². The minimum absolute atomic E-state index is 0.218. The lowest BCUT2D eigenvalue weighted by atomic mass is 10.1. The summed E-state index contributed by atoms with van der Waals surface area (Å²) in [6, 6.07) is 15.0. The average molecular weight is 312 g/mol. The third-order valence-corrected chi connectivity index (χ3v) is 3.75. The van der Waals surface area contributed by atoms with Crippen molar-refractivity contribution in [2.75, 3.05) is 24.3 Å². The second-order valence-electron chi connectivity index (χ2n) is 5.74. The fraction of sp³-hybridized carbons (Fsp3) is 0.278. The summed E-state index contributed by atoms with van der Waals surface area (Å²) in [7, 11) is 3.94. The molecule has 5 nitrogen and oxygen atoms in total. The summed E-state index contributed by atoms with van der Waals surface area (Å²) in [6.45, 7) is 1.83. The molecule has 0 saturated carbocycles. The Labute approximate surface area is 135 Å². The number of anilines is 2. The highest BCUT2D eigenvalue weighted by Gasteiger charge is 2.34. The number of amides is 1. The predicted molar refractivity (Wildman–Crippen MR) is 90.3 cm³/mol. The van der Waals surface area contributed by atoms with Crippen molar-refractivity contribution >= 4 is 17.3 Å². The maximum atomic E-state index is 12.5. The van der Waals surface area contributed by atoms with E-state index in [4.69, 9.17) is 9.47 Å². The largest absolute Gasteiger partial charge is 0.482 e. The number of benzene rings is 2. The molecule has 5 heteroatoms. The molecule has 1 aliphatic heterocycles. The number of rotatable bonds is 3. The fourth-order valence-corrected chi connectivity index (χ4v) is 2.46. The normalized spacial score (nSPS) is 19.1. The zero-order valence-electron chi connectivity index (χ0n) is 13.4. The van der Waals surface area contributed by atoms with Crippen molar-refractivity contribution in [1.29, 1.82) is 0 Å². The van der Waals surface area contributed by atoms with Gasteiger partial charge < -0.3 is 19.7 Å². The SMILES string of the molecule is C[C@@H]1Oc2ccccc2O[C@H]1C(=O)Nc1ccc(N(C)C)cc1. The number of nitrogens with zero attached hydrogens (tertiary/aromatic N) is 1. The van der Waals surface area contributed by atoms with Gasteiger partial charge >= 0.3 is 0 Å². The van der Waals surface area contributed by atoms with Gasteiger partial charge in [0.2, 0.25) is 6.10 Å². The van der Waals surface area contributed by atoms with E-state index in [0.717, 1.165) is 11.4 Å². The van der Waals surface area contributed by atoms with Crippen molar-refractivity contribution < 1.29 is 14.3 Å².